The Morgan fingerprint density at radius 1 is 1.15 bits per heavy atom. The molecule has 2 saturated carbocycles. The van der Waals surface area contributed by atoms with Crippen molar-refractivity contribution in [1.29, 1.82) is 0 Å². The summed E-state index contributed by atoms with van der Waals surface area (Å²) in [5.41, 5.74) is 2.03. The number of esters is 1. The highest BCUT2D eigenvalue weighted by Gasteiger charge is 2.66. The lowest BCUT2D eigenvalue weighted by atomic mass is 9.48. The van der Waals surface area contributed by atoms with E-state index in [2.05, 4.69) is 19.9 Å². The van der Waals surface area contributed by atoms with Gasteiger partial charge >= 0.3 is 5.97 Å². The van der Waals surface area contributed by atoms with E-state index in [1.54, 1.807) is 0 Å². The van der Waals surface area contributed by atoms with E-state index in [9.17, 15) is 14.4 Å². The highest BCUT2D eigenvalue weighted by Crippen LogP contribution is 2.68. The van der Waals surface area contributed by atoms with Gasteiger partial charge in [0.25, 0.3) is 0 Å². The van der Waals surface area contributed by atoms with Crippen LogP contribution in [0.1, 0.15) is 65.2 Å². The SMILES string of the molecule is CC12CCC(=O)C=C1C[C@@H](C=O)C1C2=CCC2(C)C1CC[C@@]21CCC(=O)O1. The van der Waals surface area contributed by atoms with E-state index < -0.39 is 0 Å². The van der Waals surface area contributed by atoms with Gasteiger partial charge in [0.1, 0.15) is 11.9 Å². The van der Waals surface area contributed by atoms with Gasteiger partial charge in [0.15, 0.2) is 5.78 Å². The summed E-state index contributed by atoms with van der Waals surface area (Å²) in [5, 5.41) is 0. The summed E-state index contributed by atoms with van der Waals surface area (Å²) in [6, 6.07) is 0. The molecule has 0 N–H and O–H groups in total. The Morgan fingerprint density at radius 3 is 2.67 bits per heavy atom. The van der Waals surface area contributed by atoms with Crippen LogP contribution in [0.15, 0.2) is 23.3 Å². The maximum absolute atomic E-state index is 12.1. The molecule has 4 nitrogen and oxygen atoms in total. The Kier molecular flexibility index (Phi) is 3.49. The molecule has 1 spiro atoms. The highest BCUT2D eigenvalue weighted by atomic mass is 16.6. The quantitative estimate of drug-likeness (QED) is 0.400. The summed E-state index contributed by atoms with van der Waals surface area (Å²) < 4.78 is 5.96. The van der Waals surface area contributed by atoms with Crippen molar-refractivity contribution in [3.8, 4) is 0 Å². The van der Waals surface area contributed by atoms with E-state index in [1.807, 2.05) is 6.08 Å². The van der Waals surface area contributed by atoms with E-state index in [0.717, 1.165) is 44.0 Å². The predicted molar refractivity (Wildman–Crippen MR) is 99.7 cm³/mol. The number of hydrogen-bond donors (Lipinski definition) is 0. The molecule has 0 aromatic carbocycles. The molecule has 144 valence electrons. The van der Waals surface area contributed by atoms with Crippen molar-refractivity contribution in [2.24, 2.45) is 28.6 Å². The van der Waals surface area contributed by atoms with Gasteiger partial charge in [-0.05, 0) is 56.4 Å². The lowest BCUT2D eigenvalue weighted by molar-refractivity contribution is -0.161. The van der Waals surface area contributed by atoms with Crippen molar-refractivity contribution in [2.45, 2.75) is 70.8 Å². The summed E-state index contributed by atoms with van der Waals surface area (Å²) in [6.45, 7) is 4.56. The lowest BCUT2D eigenvalue weighted by Crippen LogP contribution is -2.53. The topological polar surface area (TPSA) is 60.4 Å². The van der Waals surface area contributed by atoms with E-state index in [4.69, 9.17) is 4.74 Å². The number of carbonyl (C=O) groups excluding carboxylic acids is 3. The second-order valence-corrected chi connectivity index (χ2v) is 9.89. The minimum Gasteiger partial charge on any atom is -0.458 e. The Bertz CT molecular complexity index is 807. The zero-order chi connectivity index (χ0) is 19.0. The largest absolute Gasteiger partial charge is 0.458 e. The van der Waals surface area contributed by atoms with Crippen molar-refractivity contribution in [2.75, 3.05) is 0 Å². The Balaban J connectivity index is 1.61. The number of ketones is 1. The predicted octanol–water partition coefficient (Wildman–Crippen LogP) is 3.94. The van der Waals surface area contributed by atoms with Crippen LogP contribution in [0.4, 0.5) is 0 Å². The summed E-state index contributed by atoms with van der Waals surface area (Å²) in [5.74, 6) is 0.651. The zero-order valence-corrected chi connectivity index (χ0v) is 16.3. The first-order valence-electron chi connectivity index (χ1n) is 10.4. The van der Waals surface area contributed by atoms with Crippen LogP contribution in [0, 0.1) is 28.6 Å². The van der Waals surface area contributed by atoms with Gasteiger partial charge in [-0.2, -0.15) is 0 Å². The van der Waals surface area contributed by atoms with Crippen LogP contribution in [0.3, 0.4) is 0 Å². The van der Waals surface area contributed by atoms with Gasteiger partial charge in [0.05, 0.1) is 0 Å². The fourth-order valence-corrected chi connectivity index (χ4v) is 7.33. The van der Waals surface area contributed by atoms with Crippen LogP contribution in [-0.4, -0.2) is 23.6 Å². The van der Waals surface area contributed by atoms with Crippen molar-refractivity contribution < 1.29 is 19.1 Å². The van der Waals surface area contributed by atoms with E-state index in [-0.39, 0.29) is 40.0 Å². The number of carbonyl (C=O) groups is 3. The summed E-state index contributed by atoms with van der Waals surface area (Å²) in [6.07, 6.45) is 11.6. The van der Waals surface area contributed by atoms with Crippen LogP contribution >= 0.6 is 0 Å². The van der Waals surface area contributed by atoms with E-state index in [0.29, 0.717) is 25.2 Å². The van der Waals surface area contributed by atoms with Gasteiger partial charge in [-0.3, -0.25) is 9.59 Å². The van der Waals surface area contributed by atoms with Crippen molar-refractivity contribution in [1.82, 2.24) is 0 Å². The molecule has 4 unspecified atom stereocenters. The third kappa shape index (κ3) is 2.07. The minimum absolute atomic E-state index is 0.0646. The lowest BCUT2D eigenvalue weighted by Gasteiger charge is -2.56. The van der Waals surface area contributed by atoms with Gasteiger partial charge in [-0.15, -0.1) is 0 Å². The second-order valence-electron chi connectivity index (χ2n) is 9.89. The second kappa shape index (κ2) is 5.42. The van der Waals surface area contributed by atoms with Crippen LogP contribution in [0.2, 0.25) is 0 Å². The van der Waals surface area contributed by atoms with Crippen LogP contribution in [0.25, 0.3) is 0 Å². The molecule has 1 aliphatic heterocycles. The van der Waals surface area contributed by atoms with Crippen molar-refractivity contribution >= 4 is 18.0 Å². The molecule has 1 heterocycles. The summed E-state index contributed by atoms with van der Waals surface area (Å²) in [4.78, 5) is 36.1. The number of hydrogen-bond acceptors (Lipinski definition) is 4. The van der Waals surface area contributed by atoms with Gasteiger partial charge in [-0.1, -0.05) is 31.1 Å². The normalized spacial score (nSPS) is 48.3. The molecular weight excluding hydrogens is 340 g/mol. The number of allylic oxidation sites excluding steroid dienone is 4. The zero-order valence-electron chi connectivity index (χ0n) is 16.3. The van der Waals surface area contributed by atoms with E-state index >= 15 is 0 Å². The maximum Gasteiger partial charge on any atom is 0.306 e. The van der Waals surface area contributed by atoms with Crippen LogP contribution in [-0.2, 0) is 19.1 Å². The monoisotopic (exact) mass is 368 g/mol. The minimum atomic E-state index is -0.343. The first-order valence-corrected chi connectivity index (χ1v) is 10.4. The molecule has 6 atom stereocenters. The maximum atomic E-state index is 12.1. The number of aldehydes is 1. The molecule has 4 heteroatoms. The summed E-state index contributed by atoms with van der Waals surface area (Å²) >= 11 is 0. The van der Waals surface area contributed by atoms with Crippen molar-refractivity contribution in [3.05, 3.63) is 23.3 Å². The number of ether oxygens (including phenoxy) is 1. The molecule has 5 rings (SSSR count). The van der Waals surface area contributed by atoms with Gasteiger partial charge < -0.3 is 9.53 Å². The first kappa shape index (κ1) is 17.4. The number of rotatable bonds is 1. The molecule has 27 heavy (non-hydrogen) atoms. The first-order chi connectivity index (χ1) is 12.8. The van der Waals surface area contributed by atoms with Crippen LogP contribution < -0.4 is 0 Å². The third-order valence-corrected chi connectivity index (χ3v) is 8.94. The molecule has 0 aromatic heterocycles. The molecule has 0 amide bonds. The Hall–Kier alpha value is -1.71. The van der Waals surface area contributed by atoms with Gasteiger partial charge in [0, 0.05) is 29.6 Å². The summed E-state index contributed by atoms with van der Waals surface area (Å²) in [7, 11) is 0. The van der Waals surface area contributed by atoms with Gasteiger partial charge in [-0.25, -0.2) is 0 Å². The fraction of sp³-hybridized carbons (Fsp3) is 0.696. The number of fused-ring (bicyclic) bond motifs is 6. The fourth-order valence-electron chi connectivity index (χ4n) is 7.33. The molecule has 1 saturated heterocycles. The van der Waals surface area contributed by atoms with Crippen LogP contribution in [0.5, 0.6) is 0 Å². The molecule has 0 radical (unpaired) electrons. The van der Waals surface area contributed by atoms with Crippen molar-refractivity contribution in [3.63, 3.8) is 0 Å². The highest BCUT2D eigenvalue weighted by molar-refractivity contribution is 5.92. The standard InChI is InChI=1S/C23H28O4/c1-21-7-3-16(25)12-15(21)11-14(13-24)20-17(21)4-8-22(2)18(20)5-9-23(22)10-6-19(26)27-23/h4,12-14,18,20H,3,5-11H2,1-2H3/t14-,18?,20?,21?,22?,23+/m0/s1. The average Bonchev–Trinajstić information content (AvgIpc) is 3.16. The molecule has 3 fully saturated rings. The smallest absolute Gasteiger partial charge is 0.306 e. The molecular formula is C23H28O4. The van der Waals surface area contributed by atoms with Gasteiger partial charge in [0.2, 0.25) is 0 Å². The molecule has 0 bridgehead atoms. The average molecular weight is 368 g/mol. The van der Waals surface area contributed by atoms with E-state index in [1.165, 1.54) is 5.57 Å². The molecule has 5 aliphatic rings. The Morgan fingerprint density at radius 2 is 1.96 bits per heavy atom. The molecule has 0 aromatic rings. The third-order valence-electron chi connectivity index (χ3n) is 8.94. The molecule has 4 aliphatic carbocycles. The Labute approximate surface area is 160 Å².